The molecule has 2 aromatic heterocycles. The molecule has 4 rings (SSSR count). The lowest BCUT2D eigenvalue weighted by Crippen LogP contribution is -2.12. The molecule has 196 valence electrons. The van der Waals surface area contributed by atoms with Gasteiger partial charge in [-0.25, -0.2) is 9.37 Å². The van der Waals surface area contributed by atoms with Crippen LogP contribution in [0.5, 0.6) is 11.5 Å². The normalized spacial score (nSPS) is 12.1. The molecule has 38 heavy (non-hydrogen) atoms. The Morgan fingerprint density at radius 1 is 1.00 bits per heavy atom. The molecule has 0 radical (unpaired) electrons. The first kappa shape index (κ1) is 26.6. The Kier molecular flexibility index (Phi) is 7.34. The maximum absolute atomic E-state index is 13.5. The number of nitrogens with one attached hydrogen (secondary N) is 2. The fraction of sp³-hybridized carbons (Fsp3) is 0.179. The number of halogens is 4. The Balaban J connectivity index is 1.44. The summed E-state index contributed by atoms with van der Waals surface area (Å²) in [6, 6.07) is 12.6. The third kappa shape index (κ3) is 6.64. The van der Waals surface area contributed by atoms with E-state index in [1.807, 2.05) is 0 Å². The molecule has 0 unspecified atom stereocenters. The summed E-state index contributed by atoms with van der Waals surface area (Å²) in [6.45, 7) is 6.23. The highest BCUT2D eigenvalue weighted by Crippen LogP contribution is 2.33. The zero-order valence-electron chi connectivity index (χ0n) is 20.7. The summed E-state index contributed by atoms with van der Waals surface area (Å²) >= 11 is 0. The van der Waals surface area contributed by atoms with Crippen LogP contribution in [0.15, 0.2) is 73.1 Å². The fourth-order valence-corrected chi connectivity index (χ4v) is 3.43. The van der Waals surface area contributed by atoms with E-state index >= 15 is 0 Å². The third-order valence-electron chi connectivity index (χ3n) is 5.42. The number of aromatic nitrogens is 3. The topological polar surface area (TPSA) is 79.9 Å². The predicted octanol–water partition coefficient (Wildman–Crippen LogP) is 7.37. The van der Waals surface area contributed by atoms with Crippen LogP contribution < -0.4 is 10.1 Å². The van der Waals surface area contributed by atoms with Gasteiger partial charge in [0.2, 0.25) is 5.91 Å². The number of hydrogen-bond donors (Lipinski definition) is 2. The minimum Gasteiger partial charge on any atom is -0.457 e. The summed E-state index contributed by atoms with van der Waals surface area (Å²) < 4.78 is 58.1. The number of amides is 1. The monoisotopic (exact) mass is 524 g/mol. The Hall–Kier alpha value is -4.47. The van der Waals surface area contributed by atoms with Gasteiger partial charge in [-0.05, 0) is 48.0 Å². The molecule has 2 aromatic carbocycles. The number of carbonyl (C=O) groups excluding carboxylic acids is 1. The number of aromatic amines is 1. The predicted molar refractivity (Wildman–Crippen MR) is 136 cm³/mol. The van der Waals surface area contributed by atoms with Crippen molar-refractivity contribution in [2.75, 3.05) is 5.32 Å². The van der Waals surface area contributed by atoms with Crippen molar-refractivity contribution in [1.82, 2.24) is 15.0 Å². The van der Waals surface area contributed by atoms with Crippen molar-refractivity contribution in [3.63, 3.8) is 0 Å². The molecule has 2 N–H and O–H groups in total. The molecule has 6 nitrogen and oxygen atoms in total. The SMILES string of the molecule is CC(C)(C)c1cnc(-c2cc(Oc3cccc(C=CC(=O)Nc4ccc(F)c(C(F)(F)F)c4)c3)ccn2)[nH]1. The van der Waals surface area contributed by atoms with Gasteiger partial charge in [0.15, 0.2) is 5.82 Å². The zero-order valence-corrected chi connectivity index (χ0v) is 20.7. The maximum atomic E-state index is 13.5. The van der Waals surface area contributed by atoms with Crippen LogP contribution in [-0.4, -0.2) is 20.9 Å². The molecule has 2 heterocycles. The van der Waals surface area contributed by atoms with Crippen LogP contribution in [0, 0.1) is 5.82 Å². The van der Waals surface area contributed by atoms with E-state index in [-0.39, 0.29) is 11.1 Å². The molecule has 0 aliphatic rings. The van der Waals surface area contributed by atoms with E-state index in [9.17, 15) is 22.4 Å². The molecule has 0 aliphatic heterocycles. The van der Waals surface area contributed by atoms with Gasteiger partial charge in [0, 0.05) is 41.3 Å². The molecule has 0 aliphatic carbocycles. The second-order valence-electron chi connectivity index (χ2n) is 9.46. The lowest BCUT2D eigenvalue weighted by molar-refractivity contribution is -0.140. The van der Waals surface area contributed by atoms with Gasteiger partial charge in [-0.2, -0.15) is 13.2 Å². The Bertz CT molecular complexity index is 1490. The van der Waals surface area contributed by atoms with E-state index in [1.165, 1.54) is 6.08 Å². The van der Waals surface area contributed by atoms with Gasteiger partial charge >= 0.3 is 6.18 Å². The van der Waals surface area contributed by atoms with Crippen LogP contribution in [0.4, 0.5) is 23.2 Å². The highest BCUT2D eigenvalue weighted by atomic mass is 19.4. The van der Waals surface area contributed by atoms with Crippen molar-refractivity contribution in [2.24, 2.45) is 0 Å². The van der Waals surface area contributed by atoms with Crippen LogP contribution in [0.1, 0.15) is 37.6 Å². The number of ether oxygens (including phenoxy) is 1. The lowest BCUT2D eigenvalue weighted by atomic mass is 9.93. The number of nitrogens with zero attached hydrogens (tertiary/aromatic N) is 2. The van der Waals surface area contributed by atoms with Crippen molar-refractivity contribution >= 4 is 17.7 Å². The van der Waals surface area contributed by atoms with Gasteiger partial charge in [-0.3, -0.25) is 9.78 Å². The highest BCUT2D eigenvalue weighted by Gasteiger charge is 2.34. The molecular weight excluding hydrogens is 500 g/mol. The van der Waals surface area contributed by atoms with Gasteiger partial charge in [0.05, 0.1) is 5.56 Å². The van der Waals surface area contributed by atoms with Gasteiger partial charge in [0.25, 0.3) is 0 Å². The number of alkyl halides is 3. The number of rotatable bonds is 6. The minimum absolute atomic E-state index is 0.0881. The number of hydrogen-bond acceptors (Lipinski definition) is 4. The maximum Gasteiger partial charge on any atom is 0.419 e. The zero-order chi connectivity index (χ0) is 27.5. The Morgan fingerprint density at radius 3 is 2.47 bits per heavy atom. The molecule has 0 spiro atoms. The second kappa shape index (κ2) is 10.5. The average molecular weight is 525 g/mol. The number of H-pyrrole nitrogens is 1. The first-order valence-corrected chi connectivity index (χ1v) is 11.5. The van der Waals surface area contributed by atoms with Crippen molar-refractivity contribution < 1.29 is 27.1 Å². The highest BCUT2D eigenvalue weighted by molar-refractivity contribution is 6.02. The van der Waals surface area contributed by atoms with Gasteiger partial charge < -0.3 is 15.0 Å². The van der Waals surface area contributed by atoms with Gasteiger partial charge in [-0.1, -0.05) is 32.9 Å². The van der Waals surface area contributed by atoms with E-state index in [2.05, 4.69) is 41.0 Å². The molecule has 0 saturated heterocycles. The Labute approximate surface area is 216 Å². The number of carbonyl (C=O) groups is 1. The fourth-order valence-electron chi connectivity index (χ4n) is 3.43. The summed E-state index contributed by atoms with van der Waals surface area (Å²) in [5.41, 5.74) is 0.484. The molecule has 10 heteroatoms. The van der Waals surface area contributed by atoms with Crippen LogP contribution in [-0.2, 0) is 16.4 Å². The van der Waals surface area contributed by atoms with Crippen molar-refractivity contribution in [3.05, 3.63) is 95.7 Å². The minimum atomic E-state index is -4.87. The first-order chi connectivity index (χ1) is 17.9. The summed E-state index contributed by atoms with van der Waals surface area (Å²) in [7, 11) is 0. The number of imidazole rings is 1. The van der Waals surface area contributed by atoms with E-state index in [1.54, 1.807) is 48.8 Å². The second-order valence-corrected chi connectivity index (χ2v) is 9.46. The lowest BCUT2D eigenvalue weighted by Gasteiger charge is -2.15. The summed E-state index contributed by atoms with van der Waals surface area (Å²) in [5.74, 6) is -0.454. The van der Waals surface area contributed by atoms with E-state index in [4.69, 9.17) is 4.74 Å². The number of benzene rings is 2. The van der Waals surface area contributed by atoms with Gasteiger partial charge in [-0.15, -0.1) is 0 Å². The molecule has 0 saturated carbocycles. The third-order valence-corrected chi connectivity index (χ3v) is 5.42. The first-order valence-electron chi connectivity index (χ1n) is 11.5. The molecule has 0 bridgehead atoms. The molecule has 0 atom stereocenters. The van der Waals surface area contributed by atoms with Crippen molar-refractivity contribution in [1.29, 1.82) is 0 Å². The van der Waals surface area contributed by atoms with Crippen LogP contribution in [0.2, 0.25) is 0 Å². The number of pyridine rings is 1. The van der Waals surface area contributed by atoms with E-state index < -0.39 is 23.5 Å². The molecule has 0 fully saturated rings. The van der Waals surface area contributed by atoms with Crippen molar-refractivity contribution in [3.8, 4) is 23.0 Å². The molecule has 1 amide bonds. The van der Waals surface area contributed by atoms with Crippen LogP contribution in [0.25, 0.3) is 17.6 Å². The summed E-state index contributed by atoms with van der Waals surface area (Å²) in [6.07, 6.45) is 1.15. The van der Waals surface area contributed by atoms with E-state index in [0.29, 0.717) is 40.7 Å². The molecular formula is C28H24F4N4O2. The Morgan fingerprint density at radius 2 is 1.76 bits per heavy atom. The van der Waals surface area contributed by atoms with E-state index in [0.717, 1.165) is 17.8 Å². The number of anilines is 1. The average Bonchev–Trinajstić information content (AvgIpc) is 3.35. The summed E-state index contributed by atoms with van der Waals surface area (Å²) in [5, 5.41) is 2.30. The smallest absolute Gasteiger partial charge is 0.419 e. The largest absolute Gasteiger partial charge is 0.457 e. The standard InChI is InChI=1S/C28H24F4N4O2/c1-27(2,3)24-16-34-26(36-24)23-15-20(11-12-33-23)38-19-6-4-5-17(13-19)7-10-25(37)35-18-8-9-22(29)21(14-18)28(30,31)32/h4-16H,1-3H3,(H,34,36)(H,35,37). The van der Waals surface area contributed by atoms with Crippen LogP contribution >= 0.6 is 0 Å². The van der Waals surface area contributed by atoms with Gasteiger partial charge in [0.1, 0.15) is 23.0 Å². The summed E-state index contributed by atoms with van der Waals surface area (Å²) in [4.78, 5) is 24.3. The van der Waals surface area contributed by atoms with Crippen LogP contribution in [0.3, 0.4) is 0 Å². The quantitative estimate of drug-likeness (QED) is 0.204. The van der Waals surface area contributed by atoms with Crippen molar-refractivity contribution in [2.45, 2.75) is 32.4 Å². The molecule has 4 aromatic rings.